The van der Waals surface area contributed by atoms with Gasteiger partial charge in [0, 0.05) is 36.4 Å². The zero-order chi connectivity index (χ0) is 17.8. The molecule has 0 unspecified atom stereocenters. The average molecular weight is 337 g/mol. The molecular weight excluding hydrogens is 318 g/mol. The quantitative estimate of drug-likeness (QED) is 0.487. The summed E-state index contributed by atoms with van der Waals surface area (Å²) in [6.45, 7) is 0. The molecule has 0 bridgehead atoms. The van der Waals surface area contributed by atoms with Gasteiger partial charge in [0.2, 0.25) is 0 Å². The first kappa shape index (κ1) is 16.0. The SMILES string of the molecule is CN(c1ccc(-c2ccccc2)cc1)c1ccc(-c2ncccn2)cc1. The highest BCUT2D eigenvalue weighted by molar-refractivity contribution is 5.70. The summed E-state index contributed by atoms with van der Waals surface area (Å²) in [7, 11) is 2.07. The van der Waals surface area contributed by atoms with Gasteiger partial charge in [-0.3, -0.25) is 0 Å². The summed E-state index contributed by atoms with van der Waals surface area (Å²) in [5.74, 6) is 0.744. The number of rotatable bonds is 4. The van der Waals surface area contributed by atoms with Crippen molar-refractivity contribution >= 4 is 11.4 Å². The molecule has 0 aliphatic carbocycles. The van der Waals surface area contributed by atoms with Gasteiger partial charge in [0.15, 0.2) is 5.82 Å². The number of anilines is 2. The zero-order valence-corrected chi connectivity index (χ0v) is 14.6. The lowest BCUT2D eigenvalue weighted by atomic mass is 10.1. The summed E-state index contributed by atoms with van der Waals surface area (Å²) in [5.41, 5.74) is 5.74. The first-order valence-corrected chi connectivity index (χ1v) is 8.58. The molecule has 0 saturated carbocycles. The van der Waals surface area contributed by atoms with Crippen LogP contribution in [0.3, 0.4) is 0 Å². The van der Waals surface area contributed by atoms with Gasteiger partial charge in [-0.2, -0.15) is 0 Å². The summed E-state index contributed by atoms with van der Waals surface area (Å²) in [6.07, 6.45) is 3.52. The van der Waals surface area contributed by atoms with Crippen LogP contribution in [-0.4, -0.2) is 17.0 Å². The van der Waals surface area contributed by atoms with Crippen LogP contribution >= 0.6 is 0 Å². The van der Waals surface area contributed by atoms with Crippen LogP contribution in [0.5, 0.6) is 0 Å². The molecule has 0 spiro atoms. The molecule has 0 N–H and O–H groups in total. The van der Waals surface area contributed by atoms with Gasteiger partial charge in [0.05, 0.1) is 0 Å². The van der Waals surface area contributed by atoms with E-state index in [0.717, 1.165) is 22.8 Å². The highest BCUT2D eigenvalue weighted by atomic mass is 15.1. The van der Waals surface area contributed by atoms with Crippen LogP contribution in [0.4, 0.5) is 11.4 Å². The van der Waals surface area contributed by atoms with Gasteiger partial charge in [-0.05, 0) is 53.6 Å². The second kappa shape index (κ2) is 7.19. The molecule has 1 aromatic heterocycles. The molecule has 0 saturated heterocycles. The number of benzene rings is 3. The monoisotopic (exact) mass is 337 g/mol. The van der Waals surface area contributed by atoms with Crippen molar-refractivity contribution in [2.75, 3.05) is 11.9 Å². The third-order valence-electron chi connectivity index (χ3n) is 4.44. The largest absolute Gasteiger partial charge is 0.345 e. The van der Waals surface area contributed by atoms with E-state index in [4.69, 9.17) is 0 Å². The molecular formula is C23H19N3. The summed E-state index contributed by atoms with van der Waals surface area (Å²) in [6, 6.07) is 29.2. The lowest BCUT2D eigenvalue weighted by Gasteiger charge is -2.20. The molecule has 126 valence electrons. The van der Waals surface area contributed by atoms with Gasteiger partial charge in [-0.1, -0.05) is 42.5 Å². The highest BCUT2D eigenvalue weighted by Gasteiger charge is 2.06. The lowest BCUT2D eigenvalue weighted by molar-refractivity contribution is 1.17. The fourth-order valence-electron chi connectivity index (χ4n) is 2.94. The van der Waals surface area contributed by atoms with Crippen molar-refractivity contribution < 1.29 is 0 Å². The first-order valence-electron chi connectivity index (χ1n) is 8.58. The molecule has 0 aliphatic heterocycles. The Bertz CT molecular complexity index is 880. The van der Waals surface area contributed by atoms with E-state index in [9.17, 15) is 0 Å². The van der Waals surface area contributed by atoms with Gasteiger partial charge >= 0.3 is 0 Å². The molecule has 3 aromatic carbocycles. The molecule has 3 heteroatoms. The fourth-order valence-corrected chi connectivity index (χ4v) is 2.94. The van der Waals surface area contributed by atoms with Crippen molar-refractivity contribution in [3.05, 3.63) is 97.3 Å². The van der Waals surface area contributed by atoms with Crippen LogP contribution in [0.15, 0.2) is 97.3 Å². The normalized spacial score (nSPS) is 10.5. The summed E-state index contributed by atoms with van der Waals surface area (Å²) < 4.78 is 0. The molecule has 4 aromatic rings. The summed E-state index contributed by atoms with van der Waals surface area (Å²) >= 11 is 0. The Hall–Kier alpha value is -3.46. The highest BCUT2D eigenvalue weighted by Crippen LogP contribution is 2.28. The summed E-state index contributed by atoms with van der Waals surface area (Å²) in [5, 5.41) is 0. The second-order valence-electron chi connectivity index (χ2n) is 6.09. The zero-order valence-electron chi connectivity index (χ0n) is 14.6. The Labute approximate surface area is 153 Å². The van der Waals surface area contributed by atoms with Crippen molar-refractivity contribution in [2.45, 2.75) is 0 Å². The van der Waals surface area contributed by atoms with E-state index in [2.05, 4.69) is 94.7 Å². The van der Waals surface area contributed by atoms with E-state index in [1.807, 2.05) is 12.1 Å². The molecule has 0 radical (unpaired) electrons. The van der Waals surface area contributed by atoms with Gasteiger partial charge in [-0.15, -0.1) is 0 Å². The maximum atomic E-state index is 4.30. The third-order valence-corrected chi connectivity index (χ3v) is 4.44. The molecule has 0 amide bonds. The predicted octanol–water partition coefficient (Wildman–Crippen LogP) is 5.58. The molecule has 0 fully saturated rings. The number of hydrogen-bond acceptors (Lipinski definition) is 3. The number of aromatic nitrogens is 2. The number of nitrogens with zero attached hydrogens (tertiary/aromatic N) is 3. The first-order chi connectivity index (χ1) is 12.8. The Morgan fingerprint density at radius 1 is 0.538 bits per heavy atom. The Morgan fingerprint density at radius 3 is 1.62 bits per heavy atom. The predicted molar refractivity (Wildman–Crippen MR) is 107 cm³/mol. The van der Waals surface area contributed by atoms with Crippen LogP contribution < -0.4 is 4.90 Å². The van der Waals surface area contributed by atoms with Crippen molar-refractivity contribution in [2.24, 2.45) is 0 Å². The van der Waals surface area contributed by atoms with E-state index in [0.29, 0.717) is 0 Å². The Balaban J connectivity index is 1.55. The van der Waals surface area contributed by atoms with Crippen molar-refractivity contribution in [3.8, 4) is 22.5 Å². The topological polar surface area (TPSA) is 29.0 Å². The summed E-state index contributed by atoms with van der Waals surface area (Å²) in [4.78, 5) is 10.8. The smallest absolute Gasteiger partial charge is 0.159 e. The Morgan fingerprint density at radius 2 is 1.04 bits per heavy atom. The average Bonchev–Trinajstić information content (AvgIpc) is 2.75. The van der Waals surface area contributed by atoms with Crippen LogP contribution in [0.1, 0.15) is 0 Å². The minimum Gasteiger partial charge on any atom is -0.345 e. The fraction of sp³-hybridized carbons (Fsp3) is 0.0435. The van der Waals surface area contributed by atoms with E-state index < -0.39 is 0 Å². The Kier molecular flexibility index (Phi) is 4.44. The molecule has 0 aliphatic rings. The molecule has 1 heterocycles. The van der Waals surface area contributed by atoms with Crippen molar-refractivity contribution in [1.29, 1.82) is 0 Å². The van der Waals surface area contributed by atoms with Crippen LogP contribution in [0.25, 0.3) is 22.5 Å². The van der Waals surface area contributed by atoms with Crippen LogP contribution in [-0.2, 0) is 0 Å². The molecule has 3 nitrogen and oxygen atoms in total. The second-order valence-corrected chi connectivity index (χ2v) is 6.09. The molecule has 4 rings (SSSR count). The maximum Gasteiger partial charge on any atom is 0.159 e. The van der Waals surface area contributed by atoms with Gasteiger partial charge in [0.25, 0.3) is 0 Å². The van der Waals surface area contributed by atoms with Crippen molar-refractivity contribution in [3.63, 3.8) is 0 Å². The number of hydrogen-bond donors (Lipinski definition) is 0. The third kappa shape index (κ3) is 3.33. The van der Waals surface area contributed by atoms with Crippen molar-refractivity contribution in [1.82, 2.24) is 9.97 Å². The van der Waals surface area contributed by atoms with E-state index in [-0.39, 0.29) is 0 Å². The minimum absolute atomic E-state index is 0.744. The van der Waals surface area contributed by atoms with E-state index >= 15 is 0 Å². The van der Waals surface area contributed by atoms with Gasteiger partial charge in [0.1, 0.15) is 0 Å². The lowest BCUT2D eigenvalue weighted by Crippen LogP contribution is -2.09. The van der Waals surface area contributed by atoms with Gasteiger partial charge < -0.3 is 4.90 Å². The van der Waals surface area contributed by atoms with Crippen LogP contribution in [0.2, 0.25) is 0 Å². The molecule has 0 atom stereocenters. The maximum absolute atomic E-state index is 4.30. The van der Waals surface area contributed by atoms with E-state index in [1.165, 1.54) is 11.1 Å². The molecule has 26 heavy (non-hydrogen) atoms. The van der Waals surface area contributed by atoms with E-state index in [1.54, 1.807) is 12.4 Å². The van der Waals surface area contributed by atoms with Gasteiger partial charge in [-0.25, -0.2) is 9.97 Å². The van der Waals surface area contributed by atoms with Crippen LogP contribution in [0, 0.1) is 0 Å². The minimum atomic E-state index is 0.744. The standard InChI is InChI=1S/C23H19N3/c1-26(21-12-8-19(9-13-21)18-6-3-2-4-7-18)22-14-10-20(11-15-22)23-24-16-5-17-25-23/h2-17H,1H3.